The number of hydrazine groups is 1. The Morgan fingerprint density at radius 1 is 1.25 bits per heavy atom. The smallest absolute Gasteiger partial charge is 0.130 e. The molecule has 2 nitrogen and oxygen atoms in total. The maximum absolute atomic E-state index is 14.1. The highest BCUT2D eigenvalue weighted by Crippen LogP contribution is 2.24. The fraction of sp³-hybridized carbons (Fsp3) is 0.200. The zero-order chi connectivity index (χ0) is 14.7. The number of rotatable bonds is 4. The Bertz CT molecular complexity index is 617. The maximum atomic E-state index is 14.1. The molecule has 2 aromatic carbocycles. The van der Waals surface area contributed by atoms with Crippen molar-refractivity contribution < 1.29 is 8.78 Å². The molecule has 1 atom stereocenters. The molecule has 0 spiro atoms. The number of halogens is 3. The average Bonchev–Trinajstić information content (AvgIpc) is 2.42. The number of hydrogen-bond acceptors (Lipinski definition) is 2. The first-order valence-corrected chi connectivity index (χ1v) is 6.55. The molecule has 0 aliphatic heterocycles. The van der Waals surface area contributed by atoms with Gasteiger partial charge in [-0.15, -0.1) is 0 Å². The highest BCUT2D eigenvalue weighted by Gasteiger charge is 2.17. The summed E-state index contributed by atoms with van der Waals surface area (Å²) >= 11 is 5.71. The minimum absolute atomic E-state index is 0.236. The van der Waals surface area contributed by atoms with E-state index in [0.29, 0.717) is 21.7 Å². The third-order valence-corrected chi connectivity index (χ3v) is 3.47. The third kappa shape index (κ3) is 3.15. The van der Waals surface area contributed by atoms with E-state index in [1.54, 1.807) is 37.3 Å². The van der Waals surface area contributed by atoms with Crippen molar-refractivity contribution in [3.05, 3.63) is 69.7 Å². The molecule has 0 amide bonds. The molecule has 0 radical (unpaired) electrons. The van der Waals surface area contributed by atoms with Gasteiger partial charge in [-0.3, -0.25) is 11.3 Å². The fourth-order valence-corrected chi connectivity index (χ4v) is 2.26. The van der Waals surface area contributed by atoms with Crippen LogP contribution in [0.5, 0.6) is 0 Å². The van der Waals surface area contributed by atoms with Crippen molar-refractivity contribution in [2.45, 2.75) is 19.4 Å². The highest BCUT2D eigenvalue weighted by molar-refractivity contribution is 6.30. The van der Waals surface area contributed by atoms with E-state index in [1.165, 1.54) is 6.07 Å². The quantitative estimate of drug-likeness (QED) is 0.667. The van der Waals surface area contributed by atoms with Crippen molar-refractivity contribution >= 4 is 11.6 Å². The van der Waals surface area contributed by atoms with Crippen LogP contribution in [0, 0.1) is 18.6 Å². The minimum atomic E-state index is -0.509. The Kier molecular flexibility index (Phi) is 4.70. The van der Waals surface area contributed by atoms with Crippen molar-refractivity contribution in [1.29, 1.82) is 0 Å². The topological polar surface area (TPSA) is 38.0 Å². The summed E-state index contributed by atoms with van der Waals surface area (Å²) in [6.07, 6.45) is 0.236. The van der Waals surface area contributed by atoms with Gasteiger partial charge in [-0.25, -0.2) is 8.78 Å². The minimum Gasteiger partial charge on any atom is -0.271 e. The second-order valence-electron chi connectivity index (χ2n) is 4.64. The summed E-state index contributed by atoms with van der Waals surface area (Å²) in [6.45, 7) is 1.68. The maximum Gasteiger partial charge on any atom is 0.130 e. The van der Waals surface area contributed by atoms with Crippen molar-refractivity contribution in [3.8, 4) is 0 Å². The number of nitrogens with two attached hydrogens (primary N) is 1. The lowest BCUT2D eigenvalue weighted by Crippen LogP contribution is -2.30. The first-order chi connectivity index (χ1) is 9.52. The van der Waals surface area contributed by atoms with Gasteiger partial charge >= 0.3 is 0 Å². The summed E-state index contributed by atoms with van der Waals surface area (Å²) in [6, 6.07) is 8.96. The molecule has 106 valence electrons. The normalized spacial score (nSPS) is 12.4. The number of aryl methyl sites for hydroxylation is 1. The molecule has 5 heteroatoms. The molecule has 0 aliphatic rings. The molecular weight excluding hydrogens is 282 g/mol. The number of benzene rings is 2. The van der Waals surface area contributed by atoms with Crippen LogP contribution in [-0.4, -0.2) is 0 Å². The van der Waals surface area contributed by atoms with E-state index in [4.69, 9.17) is 17.4 Å². The first-order valence-electron chi connectivity index (χ1n) is 6.18. The van der Waals surface area contributed by atoms with Crippen molar-refractivity contribution in [3.63, 3.8) is 0 Å². The van der Waals surface area contributed by atoms with Crippen LogP contribution < -0.4 is 11.3 Å². The van der Waals surface area contributed by atoms with Gasteiger partial charge < -0.3 is 0 Å². The standard InChI is InChI=1S/C15H15ClF2N2/c1-9-3-2-4-12(15(9)18)14(20-19)7-10-5-6-11(16)8-13(10)17/h2-6,8,14,20H,7,19H2,1H3. The van der Waals surface area contributed by atoms with Gasteiger partial charge in [0, 0.05) is 10.6 Å². The molecule has 1 unspecified atom stereocenters. The first kappa shape index (κ1) is 14.9. The molecule has 0 fully saturated rings. The second-order valence-corrected chi connectivity index (χ2v) is 5.07. The monoisotopic (exact) mass is 296 g/mol. The molecular formula is C15H15ClF2N2. The molecule has 2 aromatic rings. The lowest BCUT2D eigenvalue weighted by molar-refractivity contribution is 0.496. The van der Waals surface area contributed by atoms with Gasteiger partial charge in [-0.2, -0.15) is 0 Å². The van der Waals surface area contributed by atoms with Crippen LogP contribution in [0.3, 0.4) is 0 Å². The summed E-state index contributed by atoms with van der Waals surface area (Å²) < 4.78 is 27.9. The van der Waals surface area contributed by atoms with Crippen LogP contribution in [-0.2, 0) is 6.42 Å². The van der Waals surface area contributed by atoms with E-state index in [2.05, 4.69) is 5.43 Å². The van der Waals surface area contributed by atoms with Gasteiger partial charge in [0.25, 0.3) is 0 Å². The van der Waals surface area contributed by atoms with Crippen molar-refractivity contribution in [1.82, 2.24) is 5.43 Å². The zero-order valence-electron chi connectivity index (χ0n) is 11.0. The second kappa shape index (κ2) is 6.31. The molecule has 0 bridgehead atoms. The highest BCUT2D eigenvalue weighted by atomic mass is 35.5. The van der Waals surface area contributed by atoms with E-state index in [9.17, 15) is 8.78 Å². The van der Waals surface area contributed by atoms with E-state index in [-0.39, 0.29) is 12.2 Å². The summed E-state index contributed by atoms with van der Waals surface area (Å²) in [5.41, 5.74) is 3.91. The van der Waals surface area contributed by atoms with Gasteiger partial charge in [-0.1, -0.05) is 35.9 Å². The van der Waals surface area contributed by atoms with Crippen LogP contribution in [0.2, 0.25) is 5.02 Å². The van der Waals surface area contributed by atoms with Gasteiger partial charge in [0.2, 0.25) is 0 Å². The zero-order valence-corrected chi connectivity index (χ0v) is 11.7. The van der Waals surface area contributed by atoms with E-state index < -0.39 is 11.9 Å². The Labute approximate surface area is 121 Å². The molecule has 2 rings (SSSR count). The van der Waals surface area contributed by atoms with Gasteiger partial charge in [0.15, 0.2) is 0 Å². The molecule has 0 aromatic heterocycles. The summed E-state index contributed by atoms with van der Waals surface area (Å²) in [5, 5.41) is 0.324. The van der Waals surface area contributed by atoms with Crippen LogP contribution in [0.25, 0.3) is 0 Å². The molecule has 0 saturated heterocycles. The predicted octanol–water partition coefficient (Wildman–Crippen LogP) is 3.67. The van der Waals surface area contributed by atoms with E-state index in [0.717, 1.165) is 0 Å². The van der Waals surface area contributed by atoms with E-state index in [1.807, 2.05) is 0 Å². The van der Waals surface area contributed by atoms with Crippen LogP contribution in [0.15, 0.2) is 36.4 Å². The number of nitrogens with one attached hydrogen (secondary N) is 1. The predicted molar refractivity (Wildman–Crippen MR) is 76.3 cm³/mol. The number of hydrogen-bond donors (Lipinski definition) is 2. The SMILES string of the molecule is Cc1cccc(C(Cc2ccc(Cl)cc2F)NN)c1F. The molecule has 20 heavy (non-hydrogen) atoms. The van der Waals surface area contributed by atoms with E-state index >= 15 is 0 Å². The van der Waals surface area contributed by atoms with Crippen LogP contribution in [0.1, 0.15) is 22.7 Å². The Morgan fingerprint density at radius 3 is 2.65 bits per heavy atom. The summed E-state index contributed by atoms with van der Waals surface area (Å²) in [5.74, 6) is 4.73. The molecule has 0 aliphatic carbocycles. The third-order valence-electron chi connectivity index (χ3n) is 3.24. The molecule has 0 heterocycles. The van der Waals surface area contributed by atoms with Gasteiger partial charge in [-0.05, 0) is 36.6 Å². The summed E-state index contributed by atoms with van der Waals surface area (Å²) in [7, 11) is 0. The van der Waals surface area contributed by atoms with Crippen LogP contribution in [0.4, 0.5) is 8.78 Å². The molecule has 0 saturated carbocycles. The van der Waals surface area contributed by atoms with Crippen LogP contribution >= 0.6 is 11.6 Å². The average molecular weight is 297 g/mol. The summed E-state index contributed by atoms with van der Waals surface area (Å²) in [4.78, 5) is 0. The largest absolute Gasteiger partial charge is 0.271 e. The lowest BCUT2D eigenvalue weighted by Gasteiger charge is -2.18. The Hall–Kier alpha value is -1.49. The Morgan fingerprint density at radius 2 is 2.00 bits per heavy atom. The molecule has 3 N–H and O–H groups in total. The lowest BCUT2D eigenvalue weighted by atomic mass is 9.97. The van der Waals surface area contributed by atoms with Gasteiger partial charge in [0.05, 0.1) is 6.04 Å². The van der Waals surface area contributed by atoms with Gasteiger partial charge in [0.1, 0.15) is 11.6 Å². The Balaban J connectivity index is 2.31. The fourth-order valence-electron chi connectivity index (χ4n) is 2.11. The van der Waals surface area contributed by atoms with Crippen molar-refractivity contribution in [2.24, 2.45) is 5.84 Å². The van der Waals surface area contributed by atoms with Crippen molar-refractivity contribution in [2.75, 3.05) is 0 Å².